The quantitative estimate of drug-likeness (QED) is 0.530. The van der Waals surface area contributed by atoms with E-state index in [1.54, 1.807) is 0 Å². The predicted octanol–water partition coefficient (Wildman–Crippen LogP) is 5.81. The van der Waals surface area contributed by atoms with Gasteiger partial charge in [0.05, 0.1) is 10.6 Å². The van der Waals surface area contributed by atoms with E-state index in [0.717, 1.165) is 16.8 Å². The first-order valence-electron chi connectivity index (χ1n) is 8.98. The minimum absolute atomic E-state index is 0.169. The molecule has 1 N–H and O–H groups in total. The highest BCUT2D eigenvalue weighted by Gasteiger charge is 2.24. The largest absolute Gasteiger partial charge is 0.488 e. The summed E-state index contributed by atoms with van der Waals surface area (Å²) in [5.74, 6) is 0.536. The highest BCUT2D eigenvalue weighted by molar-refractivity contribution is 8.18. The fourth-order valence-corrected chi connectivity index (χ4v) is 3.67. The van der Waals surface area contributed by atoms with Gasteiger partial charge in [0, 0.05) is 10.6 Å². The van der Waals surface area contributed by atoms with Gasteiger partial charge < -0.3 is 10.1 Å². The Morgan fingerprint density at radius 1 is 0.966 bits per heavy atom. The number of hydrogen-bond acceptors (Lipinski definition) is 4. The van der Waals surface area contributed by atoms with Crippen LogP contribution < -0.4 is 10.1 Å². The molecule has 3 aromatic carbocycles. The van der Waals surface area contributed by atoms with Crippen LogP contribution in [0.2, 0.25) is 5.02 Å². The van der Waals surface area contributed by atoms with Crippen LogP contribution in [0.3, 0.4) is 0 Å². The molecule has 0 unspecified atom stereocenters. The smallest absolute Gasteiger partial charge is 0.264 e. The van der Waals surface area contributed by atoms with Gasteiger partial charge in [0.15, 0.2) is 5.17 Å². The summed E-state index contributed by atoms with van der Waals surface area (Å²) in [7, 11) is 0. The fraction of sp³-hybridized carbons (Fsp3) is 0.0435. The molecule has 6 heteroatoms. The number of para-hydroxylation sites is 2. The lowest BCUT2D eigenvalue weighted by molar-refractivity contribution is -0.115. The van der Waals surface area contributed by atoms with Gasteiger partial charge in [-0.1, -0.05) is 60.1 Å². The average molecular weight is 421 g/mol. The Labute approximate surface area is 178 Å². The maximum atomic E-state index is 12.4. The first kappa shape index (κ1) is 19.3. The van der Waals surface area contributed by atoms with Crippen LogP contribution in [0.25, 0.3) is 6.08 Å². The molecule has 1 heterocycles. The monoisotopic (exact) mass is 420 g/mol. The van der Waals surface area contributed by atoms with E-state index < -0.39 is 0 Å². The van der Waals surface area contributed by atoms with Crippen molar-refractivity contribution in [2.45, 2.75) is 6.61 Å². The molecule has 4 rings (SSSR count). The summed E-state index contributed by atoms with van der Waals surface area (Å²) in [5, 5.41) is 4.06. The Morgan fingerprint density at radius 3 is 2.48 bits per heavy atom. The molecule has 1 fully saturated rings. The van der Waals surface area contributed by atoms with Crippen LogP contribution in [0.15, 0.2) is 88.8 Å². The van der Waals surface area contributed by atoms with Crippen molar-refractivity contribution < 1.29 is 9.53 Å². The summed E-state index contributed by atoms with van der Waals surface area (Å²) >= 11 is 7.24. The maximum absolute atomic E-state index is 12.4. The number of halogens is 1. The number of nitrogens with zero attached hydrogens (tertiary/aromatic N) is 1. The van der Waals surface area contributed by atoms with Gasteiger partial charge in [0.1, 0.15) is 12.4 Å². The topological polar surface area (TPSA) is 50.7 Å². The second-order valence-corrected chi connectivity index (χ2v) is 7.74. The molecule has 0 aromatic heterocycles. The highest BCUT2D eigenvalue weighted by Crippen LogP contribution is 2.30. The molecule has 3 aromatic rings. The third-order valence-corrected chi connectivity index (χ3v) is 5.31. The first-order chi connectivity index (χ1) is 14.2. The number of amides is 1. The Morgan fingerprint density at radius 2 is 1.69 bits per heavy atom. The van der Waals surface area contributed by atoms with Gasteiger partial charge in [-0.2, -0.15) is 0 Å². The van der Waals surface area contributed by atoms with Crippen LogP contribution in [-0.2, 0) is 11.4 Å². The summed E-state index contributed by atoms with van der Waals surface area (Å²) in [6.07, 6.45) is 1.82. The number of rotatable bonds is 5. The van der Waals surface area contributed by atoms with Gasteiger partial charge >= 0.3 is 0 Å². The number of hydrogen-bond donors (Lipinski definition) is 1. The average Bonchev–Trinajstić information content (AvgIpc) is 3.08. The van der Waals surface area contributed by atoms with E-state index in [4.69, 9.17) is 16.3 Å². The minimum Gasteiger partial charge on any atom is -0.488 e. The van der Waals surface area contributed by atoms with Gasteiger partial charge in [0.25, 0.3) is 5.91 Å². The lowest BCUT2D eigenvalue weighted by Gasteiger charge is -2.09. The Kier molecular flexibility index (Phi) is 5.98. The zero-order valence-corrected chi connectivity index (χ0v) is 16.9. The Bertz CT molecular complexity index is 1080. The van der Waals surface area contributed by atoms with Crippen molar-refractivity contribution in [1.82, 2.24) is 5.32 Å². The standard InChI is InChI=1S/C23H17ClN2O2S/c24-18-12-10-16(11-13-18)15-28-20-9-5-4-6-17(20)14-21-22(27)26-23(29-21)25-19-7-2-1-3-8-19/h1-14H,15H2,(H,25,26,27). The van der Waals surface area contributed by atoms with Crippen molar-refractivity contribution in [2.75, 3.05) is 0 Å². The molecular formula is C23H17ClN2O2S. The molecule has 1 amide bonds. The number of benzene rings is 3. The summed E-state index contributed by atoms with van der Waals surface area (Å²) in [6.45, 7) is 0.414. The second-order valence-electron chi connectivity index (χ2n) is 6.27. The molecular weight excluding hydrogens is 404 g/mol. The van der Waals surface area contributed by atoms with Gasteiger partial charge in [-0.3, -0.25) is 4.79 Å². The molecule has 0 aliphatic carbocycles. The number of carbonyl (C=O) groups is 1. The van der Waals surface area contributed by atoms with Gasteiger partial charge in [-0.05, 0) is 53.7 Å². The van der Waals surface area contributed by atoms with Gasteiger partial charge in [-0.25, -0.2) is 4.99 Å². The van der Waals surface area contributed by atoms with Crippen molar-refractivity contribution in [3.05, 3.63) is 99.9 Å². The number of aliphatic imine (C=N–C) groups is 1. The van der Waals surface area contributed by atoms with Crippen LogP contribution in [0, 0.1) is 0 Å². The minimum atomic E-state index is -0.169. The van der Waals surface area contributed by atoms with E-state index in [1.807, 2.05) is 84.9 Å². The first-order valence-corrected chi connectivity index (χ1v) is 10.2. The molecule has 0 bridgehead atoms. The third-order valence-electron chi connectivity index (χ3n) is 4.15. The lowest BCUT2D eigenvalue weighted by Crippen LogP contribution is -2.19. The highest BCUT2D eigenvalue weighted by atomic mass is 35.5. The van der Waals surface area contributed by atoms with E-state index in [2.05, 4.69) is 10.3 Å². The number of ether oxygens (including phenoxy) is 1. The Hall–Kier alpha value is -3.02. The molecule has 144 valence electrons. The van der Waals surface area contributed by atoms with E-state index in [0.29, 0.717) is 27.5 Å². The number of carbonyl (C=O) groups excluding carboxylic acids is 1. The van der Waals surface area contributed by atoms with Crippen LogP contribution >= 0.6 is 23.4 Å². The van der Waals surface area contributed by atoms with Crippen LogP contribution in [0.5, 0.6) is 5.75 Å². The van der Waals surface area contributed by atoms with Gasteiger partial charge in [0.2, 0.25) is 0 Å². The Balaban J connectivity index is 1.51. The van der Waals surface area contributed by atoms with E-state index in [-0.39, 0.29) is 5.91 Å². The summed E-state index contributed by atoms with van der Waals surface area (Å²) in [4.78, 5) is 17.4. The van der Waals surface area contributed by atoms with E-state index in [1.165, 1.54) is 11.8 Å². The zero-order valence-electron chi connectivity index (χ0n) is 15.3. The molecule has 29 heavy (non-hydrogen) atoms. The normalized spacial score (nSPS) is 16.2. The van der Waals surface area contributed by atoms with Crippen LogP contribution in [0.1, 0.15) is 11.1 Å². The fourth-order valence-electron chi connectivity index (χ4n) is 2.71. The molecule has 1 aliphatic heterocycles. The third kappa shape index (κ3) is 5.08. The van der Waals surface area contributed by atoms with Crippen LogP contribution in [0.4, 0.5) is 5.69 Å². The number of amidine groups is 1. The molecule has 0 atom stereocenters. The number of thioether (sulfide) groups is 1. The van der Waals surface area contributed by atoms with Gasteiger partial charge in [-0.15, -0.1) is 0 Å². The number of nitrogens with one attached hydrogen (secondary N) is 1. The van der Waals surface area contributed by atoms with Crippen molar-refractivity contribution in [3.63, 3.8) is 0 Å². The molecule has 4 nitrogen and oxygen atoms in total. The summed E-state index contributed by atoms with van der Waals surface area (Å²) in [5.41, 5.74) is 2.64. The molecule has 1 saturated heterocycles. The zero-order chi connectivity index (χ0) is 20.1. The lowest BCUT2D eigenvalue weighted by atomic mass is 10.2. The van der Waals surface area contributed by atoms with Crippen molar-refractivity contribution >= 4 is 46.2 Å². The molecule has 1 aliphatic rings. The molecule has 0 spiro atoms. The molecule has 0 saturated carbocycles. The van der Waals surface area contributed by atoms with Crippen LogP contribution in [-0.4, -0.2) is 11.1 Å². The summed E-state index contributed by atoms with van der Waals surface area (Å²) in [6, 6.07) is 24.7. The van der Waals surface area contributed by atoms with Crippen molar-refractivity contribution in [1.29, 1.82) is 0 Å². The van der Waals surface area contributed by atoms with Crippen molar-refractivity contribution in [2.24, 2.45) is 4.99 Å². The van der Waals surface area contributed by atoms with E-state index >= 15 is 0 Å². The maximum Gasteiger partial charge on any atom is 0.264 e. The summed E-state index contributed by atoms with van der Waals surface area (Å²) < 4.78 is 5.97. The van der Waals surface area contributed by atoms with E-state index in [9.17, 15) is 4.79 Å². The predicted molar refractivity (Wildman–Crippen MR) is 119 cm³/mol. The SMILES string of the molecule is O=C1NC(=Nc2ccccc2)SC1=Cc1ccccc1OCc1ccc(Cl)cc1. The second kappa shape index (κ2) is 8.99. The van der Waals surface area contributed by atoms with Crippen molar-refractivity contribution in [3.8, 4) is 5.75 Å². The molecule has 0 radical (unpaired) electrons.